The van der Waals surface area contributed by atoms with Crippen molar-refractivity contribution < 1.29 is 35.8 Å². The Kier molecular flexibility index (Phi) is 6.87. The average molecular weight is 559 g/mol. The van der Waals surface area contributed by atoms with Crippen molar-refractivity contribution in [2.45, 2.75) is 76.3 Å². The summed E-state index contributed by atoms with van der Waals surface area (Å²) >= 11 is 0. The molecule has 5 rings (SSSR count). The molecule has 0 amide bonds. The highest BCUT2D eigenvalue weighted by Gasteiger charge is 2.61. The lowest BCUT2D eigenvalue weighted by Crippen LogP contribution is -2.70. The smallest absolute Gasteiger partial charge is 0.207 e. The molecule has 0 aliphatic carbocycles. The maximum Gasteiger partial charge on any atom is 0.457 e. The second kappa shape index (κ2) is 9.82. The number of benzene rings is 1. The Bertz CT molecular complexity index is 1530. The number of fused-ring (bicyclic) bond motifs is 3. The van der Waals surface area contributed by atoms with Gasteiger partial charge >= 0.3 is 18.2 Å². The highest BCUT2D eigenvalue weighted by molar-refractivity contribution is 5.88. The van der Waals surface area contributed by atoms with Crippen LogP contribution in [0.3, 0.4) is 0 Å². The summed E-state index contributed by atoms with van der Waals surface area (Å²) in [4.78, 5) is 3.91. The molecule has 4 atom stereocenters. The Morgan fingerprint density at radius 3 is 2.35 bits per heavy atom. The van der Waals surface area contributed by atoms with Crippen molar-refractivity contribution in [2.24, 2.45) is 10.1 Å². The third-order valence-corrected chi connectivity index (χ3v) is 8.95. The molecule has 0 saturated heterocycles. The minimum absolute atomic E-state index is 0.221. The topological polar surface area (TPSA) is 35.5 Å². The van der Waals surface area contributed by atoms with Crippen LogP contribution in [0, 0.1) is 11.6 Å². The molecule has 0 fully saturated rings. The number of aliphatic imine (C=N–C) groups is 1. The van der Waals surface area contributed by atoms with Crippen LogP contribution >= 0.6 is 0 Å². The third kappa shape index (κ3) is 4.14. The predicted molar refractivity (Wildman–Crippen MR) is 139 cm³/mol. The fraction of sp³-hybridized carbons (Fsp3) is 0.433. The van der Waals surface area contributed by atoms with Crippen molar-refractivity contribution in [3.63, 3.8) is 0 Å². The molecule has 2 aliphatic rings. The van der Waals surface area contributed by atoms with E-state index in [1.165, 1.54) is 17.8 Å². The summed E-state index contributed by atoms with van der Waals surface area (Å²) < 4.78 is 75.6. The van der Waals surface area contributed by atoms with E-state index in [9.17, 15) is 17.6 Å². The molecule has 2 aromatic heterocycles. The van der Waals surface area contributed by atoms with Gasteiger partial charge in [-0.1, -0.05) is 18.5 Å². The van der Waals surface area contributed by atoms with E-state index in [1.54, 1.807) is 12.1 Å². The number of alkyl halides is 3. The number of halogens is 5. The Labute approximate surface area is 230 Å². The van der Waals surface area contributed by atoms with Gasteiger partial charge in [-0.05, 0) is 44.0 Å². The van der Waals surface area contributed by atoms with Crippen molar-refractivity contribution in [1.29, 1.82) is 0 Å². The molecule has 4 unspecified atom stereocenters. The van der Waals surface area contributed by atoms with Crippen molar-refractivity contribution in [1.82, 2.24) is 0 Å². The van der Waals surface area contributed by atoms with Crippen molar-refractivity contribution >= 4 is 5.84 Å². The van der Waals surface area contributed by atoms with Crippen LogP contribution in [0.2, 0.25) is 0 Å². The normalized spacial score (nSPS) is 24.7. The number of amidine groups is 1. The molecule has 40 heavy (non-hydrogen) atoms. The molecule has 0 radical (unpaired) electrons. The number of hydrogen-bond donors (Lipinski definition) is 0. The molecule has 0 bridgehead atoms. The van der Waals surface area contributed by atoms with Crippen LogP contribution in [-0.2, 0) is 11.0 Å². The number of rotatable bonds is 6. The molecule has 210 valence electrons. The maximum atomic E-state index is 15.4. The highest BCUT2D eigenvalue weighted by atomic mass is 19.4. The zero-order valence-corrected chi connectivity index (χ0v) is 23.2. The molecular formula is C30H33F5N5+3. The molecule has 10 heteroatoms. The molecule has 5 nitrogen and oxygen atoms in total. The van der Waals surface area contributed by atoms with Crippen LogP contribution in [0.15, 0.2) is 71.0 Å². The van der Waals surface area contributed by atoms with Crippen molar-refractivity contribution in [2.75, 3.05) is 7.05 Å². The van der Waals surface area contributed by atoms with E-state index < -0.39 is 40.8 Å². The molecule has 4 heterocycles. The van der Waals surface area contributed by atoms with Gasteiger partial charge < -0.3 is 0 Å². The Morgan fingerprint density at radius 2 is 1.70 bits per heavy atom. The van der Waals surface area contributed by atoms with Gasteiger partial charge in [0.15, 0.2) is 31.0 Å². The van der Waals surface area contributed by atoms with Crippen molar-refractivity contribution in [3.05, 3.63) is 83.8 Å². The third-order valence-electron chi connectivity index (χ3n) is 8.95. The van der Waals surface area contributed by atoms with Gasteiger partial charge in [0.25, 0.3) is 5.69 Å². The van der Waals surface area contributed by atoms with E-state index in [-0.39, 0.29) is 6.04 Å². The number of hydrogen-bond acceptors (Lipinski definition) is 2. The summed E-state index contributed by atoms with van der Waals surface area (Å²) in [6, 6.07) is 13.1. The van der Waals surface area contributed by atoms with Crippen LogP contribution in [0.4, 0.5) is 22.0 Å². The quantitative estimate of drug-likeness (QED) is 0.238. The molecule has 1 aromatic carbocycles. The lowest BCUT2D eigenvalue weighted by atomic mass is 9.58. The van der Waals surface area contributed by atoms with Crippen LogP contribution < -0.4 is 9.13 Å². The maximum absolute atomic E-state index is 15.4. The minimum atomic E-state index is -4.65. The molecule has 0 N–H and O–H groups in total. The van der Waals surface area contributed by atoms with Gasteiger partial charge in [0.05, 0.1) is 17.4 Å². The summed E-state index contributed by atoms with van der Waals surface area (Å²) in [5, 5.41) is 3.64. The number of pyridine rings is 2. The first-order chi connectivity index (χ1) is 18.9. The second-order valence-electron chi connectivity index (χ2n) is 10.9. The highest BCUT2D eigenvalue weighted by Crippen LogP contribution is 2.53. The molecule has 2 aliphatic heterocycles. The van der Waals surface area contributed by atoms with Gasteiger partial charge in [-0.3, -0.25) is 0 Å². The van der Waals surface area contributed by atoms with E-state index in [4.69, 9.17) is 0 Å². The average Bonchev–Trinajstić information content (AvgIpc) is 3.32. The van der Waals surface area contributed by atoms with Gasteiger partial charge in [-0.2, -0.15) is 27.3 Å². The summed E-state index contributed by atoms with van der Waals surface area (Å²) in [5.41, 5.74) is 0.985. The van der Waals surface area contributed by atoms with Gasteiger partial charge in [0.1, 0.15) is 11.6 Å². The molecule has 3 aromatic rings. The van der Waals surface area contributed by atoms with E-state index >= 15 is 4.39 Å². The van der Waals surface area contributed by atoms with Gasteiger partial charge in [0.2, 0.25) is 5.69 Å². The monoisotopic (exact) mass is 558 g/mol. The molecule has 0 saturated carbocycles. The van der Waals surface area contributed by atoms with Crippen LogP contribution in [0.5, 0.6) is 0 Å². The molecular weight excluding hydrogens is 525 g/mol. The lowest BCUT2D eigenvalue weighted by Gasteiger charge is -2.48. The zero-order chi connectivity index (χ0) is 29.0. The number of azo groups is 2. The van der Waals surface area contributed by atoms with Crippen LogP contribution in [0.1, 0.15) is 70.4 Å². The number of nitrogens with zero attached hydrogens (tertiary/aromatic N) is 5. The molecule has 0 spiro atoms. The largest absolute Gasteiger partial charge is 0.457 e. The standard InChI is InChI=1S/C30H33F5N5/c1-6-28(4)21-16-20(31)17-22(32)25(21)23-12-9-11-15-40(23)29(28,7-2)18-19(3)39-14-10-8-13-24(39)26-36-27(30(33,34)35)37-38(26)5/h8-17,19,26H,6-7,18H2,1-5H3/q+3. The Morgan fingerprint density at radius 1 is 1.00 bits per heavy atom. The predicted octanol–water partition coefficient (Wildman–Crippen LogP) is 6.71. The first-order valence-corrected chi connectivity index (χ1v) is 13.5. The van der Waals surface area contributed by atoms with E-state index in [2.05, 4.69) is 28.5 Å². The summed E-state index contributed by atoms with van der Waals surface area (Å²) in [5.74, 6) is -2.38. The summed E-state index contributed by atoms with van der Waals surface area (Å²) in [7, 11) is 1.48. The fourth-order valence-electron chi connectivity index (χ4n) is 6.85. The van der Waals surface area contributed by atoms with E-state index in [0.717, 1.165) is 6.07 Å². The van der Waals surface area contributed by atoms with E-state index in [1.807, 2.05) is 55.1 Å². The van der Waals surface area contributed by atoms with E-state index in [0.29, 0.717) is 41.8 Å². The van der Waals surface area contributed by atoms with Gasteiger partial charge in [-0.15, -0.1) is 0 Å². The van der Waals surface area contributed by atoms with Gasteiger partial charge in [-0.25, -0.2) is 8.78 Å². The summed E-state index contributed by atoms with van der Waals surface area (Å²) in [6.07, 6.45) is 0.00607. The van der Waals surface area contributed by atoms with Crippen molar-refractivity contribution in [3.8, 4) is 11.3 Å². The minimum Gasteiger partial charge on any atom is -0.207 e. The fourth-order valence-corrected chi connectivity index (χ4v) is 6.85. The lowest BCUT2D eigenvalue weighted by molar-refractivity contribution is -0.794. The van der Waals surface area contributed by atoms with Crippen LogP contribution in [-0.4, -0.2) is 23.8 Å². The Balaban J connectivity index is 1.66. The first-order valence-electron chi connectivity index (χ1n) is 13.5. The van der Waals surface area contributed by atoms with Crippen LogP contribution in [0.25, 0.3) is 11.3 Å². The number of aromatic nitrogens is 2. The summed E-state index contributed by atoms with van der Waals surface area (Å²) in [6.45, 7) is 8.18. The Hall–Kier alpha value is -3.56. The first kappa shape index (κ1) is 28.0. The second-order valence-corrected chi connectivity index (χ2v) is 10.9. The van der Waals surface area contributed by atoms with Gasteiger partial charge in [0, 0.05) is 41.9 Å². The SMILES string of the molecule is CCC1(C)c2cc(F)cc(F)c2-c2cccc[n+]2C1(CC)CC(C)[n+]1ccccc1C1N=C(C(F)(F)F)N=[N+]1C. The zero-order valence-electron chi connectivity index (χ0n) is 23.2.